The maximum absolute atomic E-state index is 13.4. The van der Waals surface area contributed by atoms with Crippen LogP contribution in [0.2, 0.25) is 0 Å². The lowest BCUT2D eigenvalue weighted by Crippen LogP contribution is -2.02. The van der Waals surface area contributed by atoms with Crippen LogP contribution >= 0.6 is 0 Å². The third kappa shape index (κ3) is 4.32. The average Bonchev–Trinajstić information content (AvgIpc) is 2.58. The van der Waals surface area contributed by atoms with Crippen molar-refractivity contribution in [3.63, 3.8) is 0 Å². The van der Waals surface area contributed by atoms with Crippen LogP contribution in [0.15, 0.2) is 48.5 Å². The van der Waals surface area contributed by atoms with E-state index < -0.39 is 11.8 Å². The predicted octanol–water partition coefficient (Wildman–Crippen LogP) is 3.60. The van der Waals surface area contributed by atoms with E-state index >= 15 is 0 Å². The molecule has 23 heavy (non-hydrogen) atoms. The van der Waals surface area contributed by atoms with E-state index in [2.05, 4.69) is 0 Å². The van der Waals surface area contributed by atoms with Crippen LogP contribution in [0, 0.1) is 5.82 Å². The highest BCUT2D eigenvalue weighted by Gasteiger charge is 2.08. The fraction of sp³-hybridized carbons (Fsp3) is 0.167. The molecule has 0 saturated heterocycles. The first-order valence-corrected chi connectivity index (χ1v) is 6.95. The number of rotatable bonds is 6. The third-order valence-corrected chi connectivity index (χ3v) is 3.16. The molecule has 4 nitrogen and oxygen atoms in total. The molecule has 2 aromatic rings. The number of hydrogen-bond acceptors (Lipinski definition) is 4. The highest BCUT2D eigenvalue weighted by Crippen LogP contribution is 2.31. The highest BCUT2D eigenvalue weighted by molar-refractivity contribution is 5.87. The van der Waals surface area contributed by atoms with Crippen LogP contribution in [-0.4, -0.2) is 20.2 Å². The lowest BCUT2D eigenvalue weighted by molar-refractivity contribution is -0.138. The topological polar surface area (TPSA) is 44.8 Å². The first-order chi connectivity index (χ1) is 11.2. The van der Waals surface area contributed by atoms with Crippen LogP contribution < -0.4 is 9.47 Å². The molecule has 5 heteroatoms. The molecule has 0 bridgehead atoms. The van der Waals surface area contributed by atoms with Crippen LogP contribution in [0.3, 0.4) is 0 Å². The van der Waals surface area contributed by atoms with Gasteiger partial charge in [0.25, 0.3) is 0 Å². The normalized spacial score (nSPS) is 10.6. The molecule has 0 aliphatic heterocycles. The Morgan fingerprint density at radius 2 is 1.87 bits per heavy atom. The summed E-state index contributed by atoms with van der Waals surface area (Å²) in [7, 11) is 3.06. The van der Waals surface area contributed by atoms with Crippen molar-refractivity contribution in [3.05, 3.63) is 65.5 Å². The zero-order valence-electron chi connectivity index (χ0n) is 12.9. The summed E-state index contributed by atoms with van der Waals surface area (Å²) in [5, 5.41) is 0. The van der Waals surface area contributed by atoms with Crippen molar-refractivity contribution < 1.29 is 23.4 Å². The smallest absolute Gasteiger partial charge is 0.331 e. The van der Waals surface area contributed by atoms with Gasteiger partial charge in [-0.25, -0.2) is 9.18 Å². The Hall–Kier alpha value is -2.82. The fourth-order valence-electron chi connectivity index (χ4n) is 2.01. The first kappa shape index (κ1) is 16.5. The third-order valence-electron chi connectivity index (χ3n) is 3.16. The Kier molecular flexibility index (Phi) is 5.74. The van der Waals surface area contributed by atoms with Crippen molar-refractivity contribution in [1.82, 2.24) is 0 Å². The monoisotopic (exact) mass is 316 g/mol. The Morgan fingerprint density at radius 1 is 1.09 bits per heavy atom. The van der Waals surface area contributed by atoms with Gasteiger partial charge in [-0.15, -0.1) is 0 Å². The second-order valence-corrected chi connectivity index (χ2v) is 4.62. The maximum atomic E-state index is 13.4. The zero-order chi connectivity index (χ0) is 16.7. The SMILES string of the molecule is COc1cccc(/C=C/C(=O)OCc2ccccc2F)c1OC. The summed E-state index contributed by atoms with van der Waals surface area (Å²) in [6.45, 7) is -0.120. The molecule has 0 atom stereocenters. The van der Waals surface area contributed by atoms with Crippen molar-refractivity contribution in [2.24, 2.45) is 0 Å². The van der Waals surface area contributed by atoms with Gasteiger partial charge >= 0.3 is 5.97 Å². The fourth-order valence-corrected chi connectivity index (χ4v) is 2.01. The summed E-state index contributed by atoms with van der Waals surface area (Å²) in [5.41, 5.74) is 1.00. The molecule has 0 aliphatic carbocycles. The highest BCUT2D eigenvalue weighted by atomic mass is 19.1. The van der Waals surface area contributed by atoms with Crippen molar-refractivity contribution >= 4 is 12.0 Å². The summed E-state index contributed by atoms with van der Waals surface area (Å²) in [6.07, 6.45) is 2.82. The minimum absolute atomic E-state index is 0.120. The Bertz CT molecular complexity index is 710. The van der Waals surface area contributed by atoms with E-state index in [0.717, 1.165) is 0 Å². The molecule has 0 saturated carbocycles. The van der Waals surface area contributed by atoms with E-state index in [4.69, 9.17) is 14.2 Å². The molecule has 2 rings (SSSR count). The molecular weight excluding hydrogens is 299 g/mol. The quantitative estimate of drug-likeness (QED) is 0.603. The number of ether oxygens (including phenoxy) is 3. The molecule has 0 radical (unpaired) electrons. The summed E-state index contributed by atoms with van der Waals surface area (Å²) >= 11 is 0. The summed E-state index contributed by atoms with van der Waals surface area (Å²) in [5.74, 6) is 0.111. The molecule has 2 aromatic carbocycles. The second kappa shape index (κ2) is 7.98. The molecule has 0 amide bonds. The predicted molar refractivity (Wildman–Crippen MR) is 84.8 cm³/mol. The summed E-state index contributed by atoms with van der Waals surface area (Å²) in [6, 6.07) is 11.5. The van der Waals surface area contributed by atoms with Gasteiger partial charge < -0.3 is 14.2 Å². The van der Waals surface area contributed by atoms with Crippen LogP contribution in [0.25, 0.3) is 6.08 Å². The maximum Gasteiger partial charge on any atom is 0.331 e. The first-order valence-electron chi connectivity index (χ1n) is 6.95. The standard InChI is InChI=1S/C18H17FO4/c1-21-16-9-5-7-13(18(16)22-2)10-11-17(20)23-12-14-6-3-4-8-15(14)19/h3-11H,12H2,1-2H3/b11-10+. The van der Waals surface area contributed by atoms with Crippen molar-refractivity contribution in [2.75, 3.05) is 14.2 Å². The zero-order valence-corrected chi connectivity index (χ0v) is 12.9. The molecule has 0 spiro atoms. The average molecular weight is 316 g/mol. The van der Waals surface area contributed by atoms with Crippen molar-refractivity contribution in [2.45, 2.75) is 6.61 Å². The van der Waals surface area contributed by atoms with Gasteiger partial charge in [-0.2, -0.15) is 0 Å². The number of benzene rings is 2. The largest absolute Gasteiger partial charge is 0.493 e. The number of carbonyl (C=O) groups excluding carboxylic acids is 1. The van der Waals surface area contributed by atoms with E-state index in [1.807, 2.05) is 0 Å². The molecule has 0 fully saturated rings. The van der Waals surface area contributed by atoms with Crippen molar-refractivity contribution in [1.29, 1.82) is 0 Å². The molecule has 0 aliphatic rings. The van der Waals surface area contributed by atoms with Gasteiger partial charge in [-0.1, -0.05) is 30.3 Å². The summed E-state index contributed by atoms with van der Waals surface area (Å²) < 4.78 is 28.9. The van der Waals surface area contributed by atoms with Gasteiger partial charge in [0.1, 0.15) is 12.4 Å². The van der Waals surface area contributed by atoms with Crippen LogP contribution in [-0.2, 0) is 16.1 Å². The van der Waals surface area contributed by atoms with E-state index in [1.54, 1.807) is 42.5 Å². The lowest BCUT2D eigenvalue weighted by Gasteiger charge is -2.09. The summed E-state index contributed by atoms with van der Waals surface area (Å²) in [4.78, 5) is 11.8. The van der Waals surface area contributed by atoms with Crippen LogP contribution in [0.1, 0.15) is 11.1 Å². The Balaban J connectivity index is 2.03. The lowest BCUT2D eigenvalue weighted by atomic mass is 10.1. The second-order valence-electron chi connectivity index (χ2n) is 4.62. The van der Waals surface area contributed by atoms with E-state index in [1.165, 1.54) is 26.4 Å². The van der Waals surface area contributed by atoms with Gasteiger partial charge in [-0.05, 0) is 18.2 Å². The van der Waals surface area contributed by atoms with Gasteiger partial charge in [0.05, 0.1) is 14.2 Å². The molecule has 120 valence electrons. The number of halogens is 1. The number of hydrogen-bond donors (Lipinski definition) is 0. The van der Waals surface area contributed by atoms with E-state index in [9.17, 15) is 9.18 Å². The van der Waals surface area contributed by atoms with Gasteiger partial charge in [-0.3, -0.25) is 0 Å². The number of methoxy groups -OCH3 is 2. The molecule has 0 unspecified atom stereocenters. The van der Waals surface area contributed by atoms with Gasteiger partial charge in [0.15, 0.2) is 11.5 Å². The van der Waals surface area contributed by atoms with Crippen molar-refractivity contribution in [3.8, 4) is 11.5 Å². The number of para-hydroxylation sites is 1. The van der Waals surface area contributed by atoms with Gasteiger partial charge in [0, 0.05) is 17.2 Å². The van der Waals surface area contributed by atoms with E-state index in [0.29, 0.717) is 22.6 Å². The van der Waals surface area contributed by atoms with Gasteiger partial charge in [0.2, 0.25) is 0 Å². The minimum Gasteiger partial charge on any atom is -0.493 e. The van der Waals surface area contributed by atoms with Crippen LogP contribution in [0.5, 0.6) is 11.5 Å². The van der Waals surface area contributed by atoms with E-state index in [-0.39, 0.29) is 6.61 Å². The Morgan fingerprint density at radius 3 is 2.57 bits per heavy atom. The number of carbonyl (C=O) groups is 1. The molecular formula is C18H17FO4. The minimum atomic E-state index is -0.571. The molecule has 0 N–H and O–H groups in total. The number of esters is 1. The van der Waals surface area contributed by atoms with Crippen LogP contribution in [0.4, 0.5) is 4.39 Å². The Labute approximate surface area is 134 Å². The molecule has 0 heterocycles. The molecule has 0 aromatic heterocycles.